The molecular weight excluding hydrogens is 408 g/mol. The molecule has 2 amide bonds. The van der Waals surface area contributed by atoms with Crippen molar-refractivity contribution in [2.75, 3.05) is 33.2 Å². The zero-order valence-electron chi connectivity index (χ0n) is 20.1. The average Bonchev–Trinajstić information content (AvgIpc) is 3.22. The molecule has 2 heterocycles. The van der Waals surface area contributed by atoms with Gasteiger partial charge in [0.25, 0.3) is 0 Å². The van der Waals surface area contributed by atoms with Gasteiger partial charge in [0.05, 0.1) is 6.54 Å². The number of amides is 2. The molecule has 0 spiro atoms. The van der Waals surface area contributed by atoms with Crippen molar-refractivity contribution in [2.45, 2.75) is 65.1 Å². The first kappa shape index (κ1) is 25.4. The van der Waals surface area contributed by atoms with E-state index in [2.05, 4.69) is 20.6 Å². The number of likely N-dealkylation sites (tertiary alicyclic amines) is 1. The Hall–Kier alpha value is -2.84. The van der Waals surface area contributed by atoms with Crippen molar-refractivity contribution < 1.29 is 14.3 Å². The third-order valence-corrected chi connectivity index (χ3v) is 5.05. The van der Waals surface area contributed by atoms with Crippen LogP contribution < -0.4 is 10.6 Å². The second-order valence-electron chi connectivity index (χ2n) is 8.94. The van der Waals surface area contributed by atoms with Crippen molar-refractivity contribution in [2.24, 2.45) is 4.99 Å². The number of nitrogens with zero attached hydrogens (tertiary/aromatic N) is 4. The van der Waals surface area contributed by atoms with Crippen molar-refractivity contribution >= 4 is 18.0 Å². The summed E-state index contributed by atoms with van der Waals surface area (Å²) in [5, 5.41) is 6.69. The van der Waals surface area contributed by atoms with Gasteiger partial charge < -0.3 is 25.2 Å². The van der Waals surface area contributed by atoms with Crippen LogP contribution in [0, 0.1) is 0 Å². The number of guanidine groups is 1. The Balaban J connectivity index is 1.82. The van der Waals surface area contributed by atoms with E-state index in [1.165, 1.54) is 0 Å². The molecule has 1 saturated heterocycles. The molecule has 9 heteroatoms. The number of carbonyl (C=O) groups excluding carboxylic acids is 2. The molecule has 0 bridgehead atoms. The van der Waals surface area contributed by atoms with E-state index in [-0.39, 0.29) is 18.0 Å². The van der Waals surface area contributed by atoms with Crippen LogP contribution in [-0.4, -0.2) is 77.6 Å². The molecule has 9 nitrogen and oxygen atoms in total. The lowest BCUT2D eigenvalue weighted by atomic mass is 10.2. The fourth-order valence-electron chi connectivity index (χ4n) is 3.47. The third kappa shape index (κ3) is 8.72. The highest BCUT2D eigenvalue weighted by Gasteiger charge is 2.26. The molecule has 1 aromatic rings. The zero-order valence-corrected chi connectivity index (χ0v) is 20.1. The minimum Gasteiger partial charge on any atom is -0.444 e. The van der Waals surface area contributed by atoms with E-state index >= 15 is 0 Å². The second kappa shape index (κ2) is 12.3. The van der Waals surface area contributed by atoms with Crippen LogP contribution in [0.2, 0.25) is 0 Å². The maximum absolute atomic E-state index is 12.7. The predicted molar refractivity (Wildman–Crippen MR) is 125 cm³/mol. The van der Waals surface area contributed by atoms with Crippen molar-refractivity contribution in [3.8, 4) is 0 Å². The molecule has 1 atom stereocenters. The molecular formula is C23H38N6O3. The zero-order chi connectivity index (χ0) is 23.6. The fraction of sp³-hybridized carbons (Fsp3) is 0.652. The lowest BCUT2D eigenvalue weighted by Crippen LogP contribution is -2.45. The van der Waals surface area contributed by atoms with Crippen molar-refractivity contribution in [1.82, 2.24) is 25.4 Å². The number of hydrogen-bond acceptors (Lipinski definition) is 5. The number of pyridine rings is 1. The second-order valence-corrected chi connectivity index (χ2v) is 8.94. The average molecular weight is 447 g/mol. The first-order chi connectivity index (χ1) is 15.2. The summed E-state index contributed by atoms with van der Waals surface area (Å²) >= 11 is 0. The van der Waals surface area contributed by atoms with Crippen molar-refractivity contribution in [3.05, 3.63) is 30.1 Å². The Bertz CT molecular complexity index is 763. The standard InChI is InChI=1S/C23H38N6O3/c1-6-20(30)28-14-10-19(17-28)27-21(24-5)26-12-8-13-29(22(31)32-23(2,3)4)16-18-9-7-11-25-15-18/h7,9,11,15,19H,6,8,10,12-14,16-17H2,1-5H3,(H2,24,26,27). The Morgan fingerprint density at radius 1 is 1.38 bits per heavy atom. The lowest BCUT2D eigenvalue weighted by molar-refractivity contribution is -0.129. The van der Waals surface area contributed by atoms with Crippen LogP contribution in [0.1, 0.15) is 52.5 Å². The highest BCUT2D eigenvalue weighted by molar-refractivity contribution is 5.80. The molecule has 1 fully saturated rings. The van der Waals surface area contributed by atoms with Crippen molar-refractivity contribution in [3.63, 3.8) is 0 Å². The number of carbonyl (C=O) groups is 2. The van der Waals surface area contributed by atoms with Gasteiger partial charge in [0.15, 0.2) is 5.96 Å². The molecule has 1 aliphatic heterocycles. The Kier molecular flexibility index (Phi) is 9.74. The topological polar surface area (TPSA) is 99.2 Å². The summed E-state index contributed by atoms with van der Waals surface area (Å²) < 4.78 is 5.58. The van der Waals surface area contributed by atoms with Crippen LogP contribution in [0.25, 0.3) is 0 Å². The van der Waals surface area contributed by atoms with Gasteiger partial charge in [0, 0.05) is 58.1 Å². The van der Waals surface area contributed by atoms with Gasteiger partial charge in [-0.25, -0.2) is 4.79 Å². The highest BCUT2D eigenvalue weighted by Crippen LogP contribution is 2.13. The maximum atomic E-state index is 12.7. The Labute approximate surface area is 191 Å². The fourth-order valence-corrected chi connectivity index (χ4v) is 3.47. The lowest BCUT2D eigenvalue weighted by Gasteiger charge is -2.27. The van der Waals surface area contributed by atoms with Crippen LogP contribution in [0.5, 0.6) is 0 Å². The number of hydrogen-bond donors (Lipinski definition) is 2. The number of aliphatic imine (C=N–C) groups is 1. The summed E-state index contributed by atoms with van der Waals surface area (Å²) in [4.78, 5) is 36.6. The van der Waals surface area contributed by atoms with Gasteiger partial charge in [-0.1, -0.05) is 13.0 Å². The summed E-state index contributed by atoms with van der Waals surface area (Å²) in [6.07, 6.45) is 5.30. The summed E-state index contributed by atoms with van der Waals surface area (Å²) in [6.45, 7) is 10.6. The minimum atomic E-state index is -0.553. The highest BCUT2D eigenvalue weighted by atomic mass is 16.6. The molecule has 0 saturated carbocycles. The number of nitrogens with one attached hydrogen (secondary N) is 2. The summed E-state index contributed by atoms with van der Waals surface area (Å²) in [5.74, 6) is 0.893. The van der Waals surface area contributed by atoms with Gasteiger partial charge in [0.2, 0.25) is 5.91 Å². The van der Waals surface area contributed by atoms with Crippen LogP contribution in [0.15, 0.2) is 29.5 Å². The molecule has 1 aromatic heterocycles. The smallest absolute Gasteiger partial charge is 0.410 e. The summed E-state index contributed by atoms with van der Waals surface area (Å²) in [7, 11) is 1.73. The van der Waals surface area contributed by atoms with Gasteiger partial charge in [-0.15, -0.1) is 0 Å². The van der Waals surface area contributed by atoms with Crippen molar-refractivity contribution in [1.29, 1.82) is 0 Å². The minimum absolute atomic E-state index is 0.188. The monoisotopic (exact) mass is 446 g/mol. The normalized spacial score (nSPS) is 16.6. The molecule has 0 aliphatic carbocycles. The summed E-state index contributed by atoms with van der Waals surface area (Å²) in [6, 6.07) is 4.00. The number of aromatic nitrogens is 1. The Morgan fingerprint density at radius 2 is 2.16 bits per heavy atom. The predicted octanol–water partition coefficient (Wildman–Crippen LogP) is 2.38. The van der Waals surface area contributed by atoms with E-state index in [4.69, 9.17) is 4.74 Å². The van der Waals surface area contributed by atoms with Crippen LogP contribution in [0.3, 0.4) is 0 Å². The van der Waals surface area contributed by atoms with Crippen LogP contribution in [-0.2, 0) is 16.1 Å². The quantitative estimate of drug-likeness (QED) is 0.361. The molecule has 2 rings (SSSR count). The van der Waals surface area contributed by atoms with Crippen LogP contribution >= 0.6 is 0 Å². The van der Waals surface area contributed by atoms with Gasteiger partial charge in [-0.3, -0.25) is 14.8 Å². The van der Waals surface area contributed by atoms with Gasteiger partial charge in [-0.05, 0) is 45.2 Å². The largest absolute Gasteiger partial charge is 0.444 e. The third-order valence-electron chi connectivity index (χ3n) is 5.05. The molecule has 0 radical (unpaired) electrons. The van der Waals surface area contributed by atoms with E-state index in [0.29, 0.717) is 38.6 Å². The number of ether oxygens (including phenoxy) is 1. The van der Waals surface area contributed by atoms with Gasteiger partial charge >= 0.3 is 6.09 Å². The van der Waals surface area contributed by atoms with Gasteiger partial charge in [0.1, 0.15) is 5.60 Å². The molecule has 178 valence electrons. The van der Waals surface area contributed by atoms with E-state index in [0.717, 1.165) is 24.9 Å². The van der Waals surface area contributed by atoms with E-state index in [1.54, 1.807) is 24.3 Å². The molecule has 32 heavy (non-hydrogen) atoms. The first-order valence-electron chi connectivity index (χ1n) is 11.3. The SMILES string of the molecule is CCC(=O)N1CCC(NC(=NC)NCCCN(Cc2cccnc2)C(=O)OC(C)(C)C)C1. The molecule has 1 unspecified atom stereocenters. The van der Waals surface area contributed by atoms with Crippen LogP contribution in [0.4, 0.5) is 4.79 Å². The molecule has 0 aromatic carbocycles. The van der Waals surface area contributed by atoms with E-state index < -0.39 is 5.60 Å². The number of rotatable bonds is 8. The Morgan fingerprint density at radius 3 is 2.78 bits per heavy atom. The molecule has 1 aliphatic rings. The van der Waals surface area contributed by atoms with E-state index in [9.17, 15) is 9.59 Å². The van der Waals surface area contributed by atoms with Gasteiger partial charge in [-0.2, -0.15) is 0 Å². The van der Waals surface area contributed by atoms with E-state index in [1.807, 2.05) is 44.7 Å². The first-order valence-corrected chi connectivity index (χ1v) is 11.3. The maximum Gasteiger partial charge on any atom is 0.410 e. The summed E-state index contributed by atoms with van der Waals surface area (Å²) in [5.41, 5.74) is 0.402. The molecule has 2 N–H and O–H groups in total.